The lowest BCUT2D eigenvalue weighted by molar-refractivity contribution is -0.120. The fourth-order valence-electron chi connectivity index (χ4n) is 2.58. The fraction of sp³-hybridized carbons (Fsp3) is 0.500. The van der Waals surface area contributed by atoms with Crippen molar-refractivity contribution in [2.24, 2.45) is 5.92 Å². The predicted molar refractivity (Wildman–Crippen MR) is 116 cm³/mol. The molecule has 0 aliphatic carbocycles. The van der Waals surface area contributed by atoms with Gasteiger partial charge in [0.2, 0.25) is 11.0 Å². The zero-order chi connectivity index (χ0) is 20.7. The van der Waals surface area contributed by atoms with E-state index >= 15 is 0 Å². The molecule has 1 amide bonds. The van der Waals surface area contributed by atoms with Crippen LogP contribution in [0.5, 0.6) is 0 Å². The van der Waals surface area contributed by atoms with Gasteiger partial charge in [0.05, 0.1) is 11.8 Å². The highest BCUT2D eigenvalue weighted by molar-refractivity contribution is 8.01. The summed E-state index contributed by atoms with van der Waals surface area (Å²) in [7, 11) is 0. The van der Waals surface area contributed by atoms with Gasteiger partial charge in [-0.2, -0.15) is 5.26 Å². The number of benzene rings is 1. The third-order valence-electron chi connectivity index (χ3n) is 4.75. The smallest absolute Gasteiger partial charge is 0.231 e. The van der Waals surface area contributed by atoms with Crippen molar-refractivity contribution < 1.29 is 4.79 Å². The van der Waals surface area contributed by atoms with Crippen LogP contribution >= 0.6 is 23.1 Å². The molecule has 2 N–H and O–H groups in total. The highest BCUT2D eigenvalue weighted by Crippen LogP contribution is 2.31. The van der Waals surface area contributed by atoms with E-state index in [9.17, 15) is 10.1 Å². The van der Waals surface area contributed by atoms with Gasteiger partial charge < -0.3 is 10.6 Å². The summed E-state index contributed by atoms with van der Waals surface area (Å²) in [5.74, 6) is 0.0388. The topological polar surface area (TPSA) is 90.7 Å². The lowest BCUT2D eigenvalue weighted by atomic mass is 9.90. The van der Waals surface area contributed by atoms with E-state index in [-0.39, 0.29) is 17.6 Å². The minimum Gasteiger partial charge on any atom is -0.337 e. The average molecular weight is 418 g/mol. The fourth-order valence-corrected chi connectivity index (χ4v) is 4.14. The van der Waals surface area contributed by atoms with E-state index in [1.165, 1.54) is 34.2 Å². The number of nitriles is 1. The number of nitrogens with one attached hydrogen (secondary N) is 2. The van der Waals surface area contributed by atoms with Crippen molar-refractivity contribution in [1.29, 1.82) is 5.26 Å². The lowest BCUT2D eigenvalue weighted by Crippen LogP contribution is -2.49. The van der Waals surface area contributed by atoms with E-state index in [2.05, 4.69) is 58.9 Å². The van der Waals surface area contributed by atoms with Crippen LogP contribution in [0.3, 0.4) is 0 Å². The number of para-hydroxylation sites is 1. The molecular weight excluding hydrogens is 390 g/mol. The molecule has 0 fully saturated rings. The van der Waals surface area contributed by atoms with Crippen LogP contribution < -0.4 is 10.6 Å². The Labute approximate surface area is 175 Å². The Kier molecular flexibility index (Phi) is 7.84. The standard InChI is InChI=1S/C20H27N5OS2/c1-6-14-9-8-10-15(7-2)17(14)22-18-24-25-19(28-18)27-11-16(26)23-20(5,12-21)13(3)4/h8-10,13H,6-7,11H2,1-5H3,(H,22,24)(H,23,26). The summed E-state index contributed by atoms with van der Waals surface area (Å²) < 4.78 is 0.716. The molecule has 2 aromatic rings. The van der Waals surface area contributed by atoms with Crippen LogP contribution in [0.2, 0.25) is 0 Å². The lowest BCUT2D eigenvalue weighted by Gasteiger charge is -2.27. The summed E-state index contributed by atoms with van der Waals surface area (Å²) in [6.07, 6.45) is 1.87. The van der Waals surface area contributed by atoms with Crippen molar-refractivity contribution in [2.45, 2.75) is 57.3 Å². The maximum atomic E-state index is 12.2. The van der Waals surface area contributed by atoms with Crippen molar-refractivity contribution in [3.63, 3.8) is 0 Å². The number of thioether (sulfide) groups is 1. The van der Waals surface area contributed by atoms with Crippen molar-refractivity contribution >= 4 is 39.8 Å². The number of anilines is 2. The van der Waals surface area contributed by atoms with Gasteiger partial charge in [0.25, 0.3) is 0 Å². The molecule has 0 saturated heterocycles. The maximum Gasteiger partial charge on any atom is 0.231 e. The zero-order valence-electron chi connectivity index (χ0n) is 17.0. The SMILES string of the molecule is CCc1cccc(CC)c1Nc1nnc(SCC(=O)NC(C)(C#N)C(C)C)s1. The summed E-state index contributed by atoms with van der Waals surface area (Å²) in [5.41, 5.74) is 2.71. The molecule has 1 unspecified atom stereocenters. The summed E-state index contributed by atoms with van der Waals surface area (Å²) in [5, 5.41) is 24.6. The Morgan fingerprint density at radius 2 is 1.93 bits per heavy atom. The van der Waals surface area contributed by atoms with Crippen LogP contribution in [0.25, 0.3) is 0 Å². The summed E-state index contributed by atoms with van der Waals surface area (Å²) >= 11 is 2.75. The van der Waals surface area contributed by atoms with Crippen LogP contribution in [0.4, 0.5) is 10.8 Å². The molecule has 2 rings (SSSR count). The van der Waals surface area contributed by atoms with E-state index in [0.29, 0.717) is 9.47 Å². The van der Waals surface area contributed by atoms with Crippen LogP contribution in [-0.4, -0.2) is 27.4 Å². The number of nitrogens with zero attached hydrogens (tertiary/aromatic N) is 3. The van der Waals surface area contributed by atoms with Gasteiger partial charge in [0, 0.05) is 5.69 Å². The number of carbonyl (C=O) groups is 1. The summed E-state index contributed by atoms with van der Waals surface area (Å²) in [6.45, 7) is 9.83. The van der Waals surface area contributed by atoms with Crippen molar-refractivity contribution in [2.75, 3.05) is 11.1 Å². The largest absolute Gasteiger partial charge is 0.337 e. The Hall–Kier alpha value is -2.11. The van der Waals surface area contributed by atoms with Crippen LogP contribution in [-0.2, 0) is 17.6 Å². The Balaban J connectivity index is 2.00. The number of carbonyl (C=O) groups excluding carboxylic acids is 1. The summed E-state index contributed by atoms with van der Waals surface area (Å²) in [4.78, 5) is 12.2. The molecule has 0 aliphatic heterocycles. The second-order valence-corrected chi connectivity index (χ2v) is 9.16. The molecule has 1 aromatic heterocycles. The third-order valence-corrected chi connectivity index (χ3v) is 6.72. The molecule has 8 heteroatoms. The molecule has 6 nitrogen and oxygen atoms in total. The van der Waals surface area contributed by atoms with Gasteiger partial charge in [-0.3, -0.25) is 4.79 Å². The average Bonchev–Trinajstić information content (AvgIpc) is 3.13. The van der Waals surface area contributed by atoms with Crippen LogP contribution in [0.15, 0.2) is 22.5 Å². The van der Waals surface area contributed by atoms with Gasteiger partial charge in [0.1, 0.15) is 5.54 Å². The van der Waals surface area contributed by atoms with Gasteiger partial charge in [-0.25, -0.2) is 0 Å². The molecule has 0 saturated carbocycles. The van der Waals surface area contributed by atoms with E-state index in [1.54, 1.807) is 6.92 Å². The highest BCUT2D eigenvalue weighted by Gasteiger charge is 2.29. The predicted octanol–water partition coefficient (Wildman–Crippen LogP) is 4.55. The molecule has 1 heterocycles. The minimum absolute atomic E-state index is 0.0233. The number of aromatic nitrogens is 2. The van der Waals surface area contributed by atoms with E-state index in [4.69, 9.17) is 0 Å². The first-order valence-electron chi connectivity index (χ1n) is 9.39. The number of aryl methyl sites for hydroxylation is 2. The summed E-state index contributed by atoms with van der Waals surface area (Å²) in [6, 6.07) is 8.49. The van der Waals surface area contributed by atoms with Gasteiger partial charge in [-0.1, -0.05) is 69.0 Å². The second kappa shape index (κ2) is 9.89. The Morgan fingerprint density at radius 1 is 1.29 bits per heavy atom. The van der Waals surface area contributed by atoms with Gasteiger partial charge >= 0.3 is 0 Å². The van der Waals surface area contributed by atoms with E-state index in [0.717, 1.165) is 18.5 Å². The first-order valence-corrected chi connectivity index (χ1v) is 11.2. The molecule has 28 heavy (non-hydrogen) atoms. The van der Waals surface area contributed by atoms with E-state index in [1.807, 2.05) is 13.8 Å². The Bertz CT molecular complexity index is 836. The Morgan fingerprint density at radius 3 is 2.46 bits per heavy atom. The van der Waals surface area contributed by atoms with Gasteiger partial charge in [-0.05, 0) is 36.8 Å². The molecule has 150 valence electrons. The molecule has 1 atom stereocenters. The number of amides is 1. The minimum atomic E-state index is -0.869. The van der Waals surface area contributed by atoms with Crippen LogP contribution in [0, 0.1) is 17.2 Å². The second-order valence-electron chi connectivity index (χ2n) is 6.96. The normalized spacial score (nSPS) is 13.0. The van der Waals surface area contributed by atoms with Crippen molar-refractivity contribution in [3.8, 4) is 6.07 Å². The van der Waals surface area contributed by atoms with E-state index < -0.39 is 5.54 Å². The number of hydrogen-bond acceptors (Lipinski definition) is 7. The number of hydrogen-bond donors (Lipinski definition) is 2. The molecule has 0 spiro atoms. The van der Waals surface area contributed by atoms with Crippen LogP contribution in [0.1, 0.15) is 45.7 Å². The zero-order valence-corrected chi connectivity index (χ0v) is 18.6. The van der Waals surface area contributed by atoms with Crippen molar-refractivity contribution in [1.82, 2.24) is 15.5 Å². The quantitative estimate of drug-likeness (QED) is 0.582. The first-order chi connectivity index (χ1) is 13.3. The number of rotatable bonds is 9. The molecule has 1 aromatic carbocycles. The molecule has 0 bridgehead atoms. The first kappa shape index (κ1) is 22.2. The van der Waals surface area contributed by atoms with Gasteiger partial charge in [-0.15, -0.1) is 10.2 Å². The molecular formula is C20H27N5OS2. The molecule has 0 aliphatic rings. The highest BCUT2D eigenvalue weighted by atomic mass is 32.2. The molecule has 0 radical (unpaired) electrons. The van der Waals surface area contributed by atoms with Crippen molar-refractivity contribution in [3.05, 3.63) is 29.3 Å². The third kappa shape index (κ3) is 5.46. The maximum absolute atomic E-state index is 12.2. The monoisotopic (exact) mass is 417 g/mol. The van der Waals surface area contributed by atoms with Gasteiger partial charge in [0.15, 0.2) is 4.34 Å².